The molecule has 0 amide bonds. The van der Waals surface area contributed by atoms with E-state index in [1.54, 1.807) is 7.05 Å². The normalized spacial score (nSPS) is 11.3. The lowest BCUT2D eigenvalue weighted by Gasteiger charge is -2.08. The fourth-order valence-electron chi connectivity index (χ4n) is 1.47. The molecular weight excluding hydrogens is 266 g/mol. The minimum absolute atomic E-state index is 0.842. The van der Waals surface area contributed by atoms with E-state index < -0.39 is 0 Å². The average molecular weight is 284 g/mol. The molecular formula is C12H18BrN3. The second kappa shape index (κ2) is 7.28. The Labute approximate surface area is 105 Å². The monoisotopic (exact) mass is 283 g/mol. The number of nitrogens with one attached hydrogen (secondary N) is 2. The molecule has 1 aromatic carbocycles. The third-order valence-electron chi connectivity index (χ3n) is 2.28. The molecule has 0 bridgehead atoms. The topological polar surface area (TPSA) is 36.4 Å². The molecule has 0 aromatic heterocycles. The summed E-state index contributed by atoms with van der Waals surface area (Å²) in [6.07, 6.45) is 2.17. The van der Waals surface area contributed by atoms with Crippen LogP contribution in [0.3, 0.4) is 0 Å². The van der Waals surface area contributed by atoms with Gasteiger partial charge in [-0.15, -0.1) is 0 Å². The molecule has 0 heterocycles. The van der Waals surface area contributed by atoms with Gasteiger partial charge in [-0.1, -0.05) is 28.1 Å². The van der Waals surface area contributed by atoms with Crippen molar-refractivity contribution in [1.29, 1.82) is 0 Å². The van der Waals surface area contributed by atoms with Crippen LogP contribution in [0.15, 0.2) is 33.7 Å². The minimum Gasteiger partial charge on any atom is -0.359 e. The van der Waals surface area contributed by atoms with Gasteiger partial charge in [-0.05, 0) is 30.5 Å². The summed E-state index contributed by atoms with van der Waals surface area (Å²) in [6, 6.07) is 8.43. The number of nitrogens with zero attached hydrogens (tertiary/aromatic N) is 1. The fourth-order valence-corrected chi connectivity index (χ4v) is 1.92. The van der Waals surface area contributed by atoms with Crippen molar-refractivity contribution in [2.75, 3.05) is 20.6 Å². The van der Waals surface area contributed by atoms with Crippen LogP contribution < -0.4 is 10.6 Å². The summed E-state index contributed by atoms with van der Waals surface area (Å²) in [4.78, 5) is 4.05. The highest BCUT2D eigenvalue weighted by molar-refractivity contribution is 9.10. The molecule has 0 fully saturated rings. The van der Waals surface area contributed by atoms with Crippen LogP contribution in [0.25, 0.3) is 0 Å². The predicted octanol–water partition coefficient (Wildman–Crippen LogP) is 2.18. The largest absolute Gasteiger partial charge is 0.359 e. The third-order valence-corrected chi connectivity index (χ3v) is 2.78. The van der Waals surface area contributed by atoms with Gasteiger partial charge in [0.05, 0.1) is 0 Å². The van der Waals surface area contributed by atoms with Crippen LogP contribution in [-0.4, -0.2) is 26.6 Å². The molecule has 0 saturated heterocycles. The summed E-state index contributed by atoms with van der Waals surface area (Å²) >= 11 is 3.47. The first-order chi connectivity index (χ1) is 7.76. The molecule has 0 radical (unpaired) electrons. The summed E-state index contributed by atoms with van der Waals surface area (Å²) in [7, 11) is 3.64. The molecule has 0 saturated carbocycles. The molecule has 88 valence electrons. The summed E-state index contributed by atoms with van der Waals surface area (Å²) in [5, 5.41) is 6.22. The van der Waals surface area contributed by atoms with Gasteiger partial charge in [-0.25, -0.2) is 0 Å². The zero-order valence-electron chi connectivity index (χ0n) is 9.76. The maximum Gasteiger partial charge on any atom is 0.190 e. The van der Waals surface area contributed by atoms with Crippen LogP contribution in [0.4, 0.5) is 0 Å². The van der Waals surface area contributed by atoms with Crippen molar-refractivity contribution in [3.63, 3.8) is 0 Å². The maximum atomic E-state index is 4.05. The van der Waals surface area contributed by atoms with Gasteiger partial charge in [0, 0.05) is 25.1 Å². The molecule has 0 atom stereocenters. The first-order valence-electron chi connectivity index (χ1n) is 5.39. The standard InChI is InChI=1S/C12H18BrN3/c1-14-12(15-2)16-8-4-6-10-5-3-7-11(13)9-10/h3,5,7,9H,4,6,8H2,1-2H3,(H2,14,15,16). The van der Waals surface area contributed by atoms with Crippen molar-refractivity contribution in [2.24, 2.45) is 4.99 Å². The van der Waals surface area contributed by atoms with E-state index in [1.165, 1.54) is 5.56 Å². The quantitative estimate of drug-likeness (QED) is 0.505. The number of rotatable bonds is 4. The van der Waals surface area contributed by atoms with Gasteiger partial charge in [0.15, 0.2) is 5.96 Å². The number of guanidine groups is 1. The highest BCUT2D eigenvalue weighted by Gasteiger charge is 1.95. The van der Waals surface area contributed by atoms with E-state index in [2.05, 4.69) is 49.8 Å². The Bertz CT molecular complexity index is 350. The molecule has 0 aliphatic heterocycles. The van der Waals surface area contributed by atoms with Gasteiger partial charge in [0.2, 0.25) is 0 Å². The molecule has 16 heavy (non-hydrogen) atoms. The molecule has 2 N–H and O–H groups in total. The second-order valence-corrected chi connectivity index (χ2v) is 4.40. The molecule has 0 aliphatic carbocycles. The van der Waals surface area contributed by atoms with E-state index >= 15 is 0 Å². The van der Waals surface area contributed by atoms with Crippen molar-refractivity contribution in [1.82, 2.24) is 10.6 Å². The number of hydrogen-bond donors (Lipinski definition) is 2. The SMILES string of the molecule is CN=C(NC)NCCCc1cccc(Br)c1. The zero-order valence-corrected chi connectivity index (χ0v) is 11.3. The lowest BCUT2D eigenvalue weighted by atomic mass is 10.1. The van der Waals surface area contributed by atoms with Crippen molar-refractivity contribution in [3.8, 4) is 0 Å². The molecule has 0 aliphatic rings. The molecule has 1 aromatic rings. The molecule has 0 unspecified atom stereocenters. The molecule has 1 rings (SSSR count). The van der Waals surface area contributed by atoms with E-state index in [-0.39, 0.29) is 0 Å². The van der Waals surface area contributed by atoms with E-state index in [1.807, 2.05) is 13.1 Å². The second-order valence-electron chi connectivity index (χ2n) is 3.48. The highest BCUT2D eigenvalue weighted by Crippen LogP contribution is 2.12. The first-order valence-corrected chi connectivity index (χ1v) is 6.18. The van der Waals surface area contributed by atoms with Crippen molar-refractivity contribution in [2.45, 2.75) is 12.8 Å². The summed E-state index contributed by atoms with van der Waals surface area (Å²) in [5.74, 6) is 0.842. The van der Waals surface area contributed by atoms with Gasteiger partial charge in [-0.2, -0.15) is 0 Å². The third kappa shape index (κ3) is 4.66. The lowest BCUT2D eigenvalue weighted by molar-refractivity contribution is 0.758. The predicted molar refractivity (Wildman–Crippen MR) is 72.9 cm³/mol. The number of benzene rings is 1. The average Bonchev–Trinajstić information content (AvgIpc) is 2.29. The van der Waals surface area contributed by atoms with Crippen molar-refractivity contribution < 1.29 is 0 Å². The van der Waals surface area contributed by atoms with Gasteiger partial charge >= 0.3 is 0 Å². The van der Waals surface area contributed by atoms with E-state index in [0.29, 0.717) is 0 Å². The van der Waals surface area contributed by atoms with E-state index in [0.717, 1.165) is 29.8 Å². The maximum absolute atomic E-state index is 4.05. The Morgan fingerprint density at radius 2 is 2.25 bits per heavy atom. The molecule has 0 spiro atoms. The van der Waals surface area contributed by atoms with Crippen LogP contribution in [0.5, 0.6) is 0 Å². The van der Waals surface area contributed by atoms with Crippen LogP contribution in [-0.2, 0) is 6.42 Å². The zero-order chi connectivity index (χ0) is 11.8. The minimum atomic E-state index is 0.842. The molecule has 3 nitrogen and oxygen atoms in total. The first kappa shape index (κ1) is 13.0. The summed E-state index contributed by atoms with van der Waals surface area (Å²) in [5.41, 5.74) is 1.36. The Morgan fingerprint density at radius 3 is 2.88 bits per heavy atom. The van der Waals surface area contributed by atoms with Crippen LogP contribution >= 0.6 is 15.9 Å². The Hall–Kier alpha value is -1.03. The van der Waals surface area contributed by atoms with Gasteiger partial charge in [-0.3, -0.25) is 4.99 Å². The van der Waals surface area contributed by atoms with Crippen LogP contribution in [0.1, 0.15) is 12.0 Å². The lowest BCUT2D eigenvalue weighted by Crippen LogP contribution is -2.35. The van der Waals surface area contributed by atoms with Gasteiger partial charge in [0.25, 0.3) is 0 Å². The van der Waals surface area contributed by atoms with Gasteiger partial charge < -0.3 is 10.6 Å². The van der Waals surface area contributed by atoms with E-state index in [9.17, 15) is 0 Å². The van der Waals surface area contributed by atoms with Crippen LogP contribution in [0, 0.1) is 0 Å². The fraction of sp³-hybridized carbons (Fsp3) is 0.417. The van der Waals surface area contributed by atoms with Gasteiger partial charge in [0.1, 0.15) is 0 Å². The Balaban J connectivity index is 2.26. The van der Waals surface area contributed by atoms with Crippen molar-refractivity contribution in [3.05, 3.63) is 34.3 Å². The Kier molecular flexibility index (Phi) is 5.93. The number of halogens is 1. The smallest absolute Gasteiger partial charge is 0.190 e. The number of hydrogen-bond acceptors (Lipinski definition) is 1. The number of aryl methyl sites for hydroxylation is 1. The van der Waals surface area contributed by atoms with Crippen molar-refractivity contribution >= 4 is 21.9 Å². The summed E-state index contributed by atoms with van der Waals surface area (Å²) in [6.45, 7) is 0.931. The molecule has 4 heteroatoms. The highest BCUT2D eigenvalue weighted by atomic mass is 79.9. The van der Waals surface area contributed by atoms with Crippen LogP contribution in [0.2, 0.25) is 0 Å². The Morgan fingerprint density at radius 1 is 1.44 bits per heavy atom. The van der Waals surface area contributed by atoms with E-state index in [4.69, 9.17) is 0 Å². The summed E-state index contributed by atoms with van der Waals surface area (Å²) < 4.78 is 1.14. The number of aliphatic imine (C=N–C) groups is 1.